The zero-order valence-corrected chi connectivity index (χ0v) is 23.3. The van der Waals surface area contributed by atoms with Crippen molar-refractivity contribution in [3.8, 4) is 39.1 Å². The van der Waals surface area contributed by atoms with E-state index in [-0.39, 0.29) is 79.9 Å². The molecule has 0 amide bonds. The summed E-state index contributed by atoms with van der Waals surface area (Å²) >= 11 is 0. The van der Waals surface area contributed by atoms with Crippen molar-refractivity contribution in [2.75, 3.05) is 0 Å². The SMILES string of the molecule is [2H]c1c([2H])c([2H])c2c([nH]c3c([2H])c([2H])c4c5c([2H])c([2H])c([2H])c([2H])c5n(-c5cc(-c6ccccc6)cc(-c6ccc(-c7ccccc7)cc6)c5)c4c32)c1[2H]. The molecular weight excluding hydrogens is 532 g/mol. The summed E-state index contributed by atoms with van der Waals surface area (Å²) in [6, 6.07) is 29.9. The molecule has 2 nitrogen and oxygen atoms in total. The van der Waals surface area contributed by atoms with Crippen molar-refractivity contribution < 1.29 is 13.7 Å². The molecule has 0 unspecified atom stereocenters. The molecule has 1 N–H and O–H groups in total. The highest BCUT2D eigenvalue weighted by Crippen LogP contribution is 2.41. The molecule has 2 aromatic heterocycles. The lowest BCUT2D eigenvalue weighted by Gasteiger charge is -2.15. The van der Waals surface area contributed by atoms with E-state index in [2.05, 4.69) is 11.1 Å². The van der Waals surface area contributed by atoms with Gasteiger partial charge in [0.05, 0.1) is 24.7 Å². The smallest absolute Gasteiger partial charge is 0.0645 e. The number of nitrogens with one attached hydrogen (secondary N) is 1. The molecule has 0 aliphatic rings. The monoisotopic (exact) mass is 570 g/mol. The molecule has 0 atom stereocenters. The van der Waals surface area contributed by atoms with Gasteiger partial charge in [0.1, 0.15) is 0 Å². The highest BCUT2D eigenvalue weighted by atomic mass is 15.0. The van der Waals surface area contributed by atoms with E-state index in [0.717, 1.165) is 33.4 Å². The number of hydrogen-bond acceptors (Lipinski definition) is 0. The molecule has 0 aliphatic carbocycles. The summed E-state index contributed by atoms with van der Waals surface area (Å²) in [5.41, 5.74) is 6.49. The van der Waals surface area contributed by atoms with Crippen molar-refractivity contribution in [1.82, 2.24) is 9.55 Å². The number of aromatic nitrogens is 2. The molecule has 9 aromatic rings. The van der Waals surface area contributed by atoms with Crippen molar-refractivity contribution in [3.05, 3.63) is 164 Å². The highest BCUT2D eigenvalue weighted by molar-refractivity contribution is 6.25. The molecule has 2 heteroatoms. The van der Waals surface area contributed by atoms with Gasteiger partial charge in [0, 0.05) is 38.3 Å². The van der Waals surface area contributed by atoms with Crippen LogP contribution < -0.4 is 0 Å². The fourth-order valence-corrected chi connectivity index (χ4v) is 6.16. The molecular formula is C42H28N2. The van der Waals surface area contributed by atoms with Crippen LogP contribution in [-0.4, -0.2) is 9.55 Å². The summed E-state index contributed by atoms with van der Waals surface area (Å²) in [7, 11) is 0. The third kappa shape index (κ3) is 3.89. The van der Waals surface area contributed by atoms with Gasteiger partial charge in [-0.3, -0.25) is 0 Å². The minimum Gasteiger partial charge on any atom is -0.354 e. The van der Waals surface area contributed by atoms with Gasteiger partial charge in [0.15, 0.2) is 0 Å². The minimum absolute atomic E-state index is 0.0467. The Bertz CT molecular complexity index is 3020. The van der Waals surface area contributed by atoms with Crippen molar-refractivity contribution in [3.63, 3.8) is 0 Å². The first-order chi connectivity index (χ1) is 26.0. The Labute approximate surface area is 269 Å². The lowest BCUT2D eigenvalue weighted by atomic mass is 9.96. The standard InChI is InChI=1S/C42H28N2/c1-3-11-28(12-4-1)30-19-21-31(22-20-30)33-25-32(29-13-5-2-6-14-29)26-34(27-33)44-40-18-10-8-15-35(40)36-23-24-39-41(42(36)44)37-16-7-9-17-38(37)43-39/h1-27,43H/i7D,8D,9D,10D,15D,16D,17D,18D,23D,24D. The van der Waals surface area contributed by atoms with Gasteiger partial charge in [-0.1, -0.05) is 127 Å². The second-order valence-corrected chi connectivity index (χ2v) is 10.7. The van der Waals surface area contributed by atoms with Crippen molar-refractivity contribution in [2.45, 2.75) is 0 Å². The van der Waals surface area contributed by atoms with Crippen LogP contribution in [0.1, 0.15) is 13.7 Å². The molecule has 2 heterocycles. The number of fused-ring (bicyclic) bond motifs is 7. The van der Waals surface area contributed by atoms with Gasteiger partial charge < -0.3 is 9.55 Å². The van der Waals surface area contributed by atoms with Crippen LogP contribution in [0.15, 0.2) is 164 Å². The second-order valence-electron chi connectivity index (χ2n) is 10.7. The fourth-order valence-electron chi connectivity index (χ4n) is 6.16. The van der Waals surface area contributed by atoms with E-state index in [9.17, 15) is 2.74 Å². The van der Waals surface area contributed by atoms with Crippen LogP contribution >= 0.6 is 0 Å². The minimum atomic E-state index is -0.490. The van der Waals surface area contributed by atoms with Crippen molar-refractivity contribution in [2.24, 2.45) is 0 Å². The summed E-state index contributed by atoms with van der Waals surface area (Å²) < 4.78 is 90.3. The zero-order chi connectivity index (χ0) is 37.7. The van der Waals surface area contributed by atoms with E-state index < -0.39 is 24.2 Å². The van der Waals surface area contributed by atoms with E-state index in [1.54, 1.807) is 4.57 Å². The third-order valence-corrected chi connectivity index (χ3v) is 8.20. The van der Waals surface area contributed by atoms with Crippen LogP contribution in [0.25, 0.3) is 82.7 Å². The van der Waals surface area contributed by atoms with Gasteiger partial charge >= 0.3 is 0 Å². The van der Waals surface area contributed by atoms with E-state index in [1.807, 2.05) is 97.1 Å². The van der Waals surface area contributed by atoms with Gasteiger partial charge in [-0.25, -0.2) is 0 Å². The Kier molecular flexibility index (Phi) is 3.74. The third-order valence-electron chi connectivity index (χ3n) is 8.20. The van der Waals surface area contributed by atoms with Crippen LogP contribution in [-0.2, 0) is 0 Å². The van der Waals surface area contributed by atoms with Crippen LogP contribution in [0, 0.1) is 0 Å². The summed E-state index contributed by atoms with van der Waals surface area (Å²) in [6.45, 7) is 0. The number of para-hydroxylation sites is 2. The molecule has 0 aliphatic heterocycles. The Morgan fingerprint density at radius 1 is 0.455 bits per heavy atom. The lowest BCUT2D eigenvalue weighted by Crippen LogP contribution is -1.96. The second kappa shape index (κ2) is 9.86. The fraction of sp³-hybridized carbons (Fsp3) is 0. The van der Waals surface area contributed by atoms with Gasteiger partial charge in [-0.2, -0.15) is 0 Å². The summed E-state index contributed by atoms with van der Waals surface area (Å²) in [5, 5.41) is 0.455. The number of aromatic amines is 1. The number of H-pyrrole nitrogens is 1. The molecule has 0 fully saturated rings. The van der Waals surface area contributed by atoms with Crippen LogP contribution in [0.2, 0.25) is 0 Å². The Morgan fingerprint density at radius 3 is 1.73 bits per heavy atom. The first kappa shape index (κ1) is 16.7. The normalized spacial score (nSPS) is 14.8. The lowest BCUT2D eigenvalue weighted by molar-refractivity contribution is 1.19. The van der Waals surface area contributed by atoms with Gasteiger partial charge in [-0.05, 0) is 69.7 Å². The topological polar surface area (TPSA) is 20.7 Å². The first-order valence-electron chi connectivity index (χ1n) is 19.3. The van der Waals surface area contributed by atoms with E-state index in [0.29, 0.717) is 5.69 Å². The van der Waals surface area contributed by atoms with Crippen molar-refractivity contribution >= 4 is 43.6 Å². The maximum absolute atomic E-state index is 9.29. The quantitative estimate of drug-likeness (QED) is 0.217. The van der Waals surface area contributed by atoms with Gasteiger partial charge in [0.25, 0.3) is 0 Å². The van der Waals surface area contributed by atoms with Crippen molar-refractivity contribution in [1.29, 1.82) is 0 Å². The zero-order valence-electron chi connectivity index (χ0n) is 33.3. The molecule has 9 rings (SSSR count). The number of hydrogen-bond donors (Lipinski definition) is 1. The predicted octanol–water partition coefficient (Wildman–Crippen LogP) is 11.4. The van der Waals surface area contributed by atoms with E-state index in [4.69, 9.17) is 11.0 Å². The number of nitrogens with zero attached hydrogens (tertiary/aromatic N) is 1. The molecule has 0 saturated carbocycles. The largest absolute Gasteiger partial charge is 0.354 e. The maximum Gasteiger partial charge on any atom is 0.0645 e. The molecule has 7 aromatic carbocycles. The highest BCUT2D eigenvalue weighted by Gasteiger charge is 2.19. The summed E-state index contributed by atoms with van der Waals surface area (Å²) in [6.07, 6.45) is 0. The number of benzene rings is 7. The van der Waals surface area contributed by atoms with Gasteiger partial charge in [-0.15, -0.1) is 0 Å². The molecule has 0 bridgehead atoms. The Morgan fingerprint density at radius 2 is 1.02 bits per heavy atom. The molecule has 0 saturated heterocycles. The summed E-state index contributed by atoms with van der Waals surface area (Å²) in [4.78, 5) is 3.03. The first-order valence-corrected chi connectivity index (χ1v) is 14.3. The maximum atomic E-state index is 9.29. The van der Waals surface area contributed by atoms with Crippen LogP contribution in [0.4, 0.5) is 0 Å². The van der Waals surface area contributed by atoms with Crippen LogP contribution in [0.3, 0.4) is 0 Å². The Hall–Kier alpha value is -5.86. The van der Waals surface area contributed by atoms with Gasteiger partial charge in [0.2, 0.25) is 0 Å². The van der Waals surface area contributed by atoms with E-state index >= 15 is 0 Å². The Balaban J connectivity index is 1.48. The average Bonchev–Trinajstić information content (AvgIpc) is 3.78. The van der Waals surface area contributed by atoms with E-state index in [1.165, 1.54) is 0 Å². The average molecular weight is 571 g/mol. The molecule has 44 heavy (non-hydrogen) atoms. The molecule has 0 spiro atoms. The molecule has 0 radical (unpaired) electrons. The summed E-state index contributed by atoms with van der Waals surface area (Å²) in [5.74, 6) is 0. The van der Waals surface area contributed by atoms with Crippen LogP contribution in [0.5, 0.6) is 0 Å². The predicted molar refractivity (Wildman–Crippen MR) is 186 cm³/mol. The molecule has 206 valence electrons. The number of rotatable bonds is 4.